The number of allylic oxidation sites excluding steroid dienone is 1. The molecule has 4 rings (SSSR count). The van der Waals surface area contributed by atoms with Gasteiger partial charge in [-0.2, -0.15) is 0 Å². The summed E-state index contributed by atoms with van der Waals surface area (Å²) in [7, 11) is 5.70. The number of nitrogens with one attached hydrogen (secondary N) is 1. The summed E-state index contributed by atoms with van der Waals surface area (Å²) in [4.78, 5) is 39.8. The first-order valence-electron chi connectivity index (χ1n) is 14.7. The van der Waals surface area contributed by atoms with Crippen molar-refractivity contribution >= 4 is 17.8 Å². The number of ether oxygens (including phenoxy) is 6. The van der Waals surface area contributed by atoms with Gasteiger partial charge in [0.15, 0.2) is 12.1 Å². The van der Waals surface area contributed by atoms with E-state index in [1.165, 1.54) is 28.3 Å². The van der Waals surface area contributed by atoms with Crippen LogP contribution in [0, 0.1) is 23.7 Å². The topological polar surface area (TPSA) is 142 Å². The van der Waals surface area contributed by atoms with Gasteiger partial charge in [-0.1, -0.05) is 38.1 Å². The molecule has 1 amide bonds. The molecule has 1 aromatic carbocycles. The van der Waals surface area contributed by atoms with E-state index >= 15 is 0 Å². The molecular formula is C32H45NO10. The Morgan fingerprint density at radius 3 is 2.40 bits per heavy atom. The maximum Gasteiger partial charge on any atom is 0.509 e. The van der Waals surface area contributed by atoms with E-state index in [0.29, 0.717) is 6.42 Å². The lowest BCUT2D eigenvalue weighted by Gasteiger charge is -2.45. The fraction of sp³-hybridized carbons (Fsp3) is 0.656. The quantitative estimate of drug-likeness (QED) is 0.149. The largest absolute Gasteiger partial charge is 0.509 e. The highest BCUT2D eigenvalue weighted by Crippen LogP contribution is 2.63. The molecule has 3 fully saturated rings. The molecule has 1 saturated carbocycles. The molecule has 9 atom stereocenters. The molecule has 238 valence electrons. The Morgan fingerprint density at radius 2 is 1.81 bits per heavy atom. The molecule has 0 spiro atoms. The minimum atomic E-state index is -1.66. The van der Waals surface area contributed by atoms with Crippen LogP contribution in [-0.2, 0) is 39.7 Å². The first-order valence-corrected chi connectivity index (χ1v) is 14.7. The average molecular weight is 604 g/mol. The lowest BCUT2D eigenvalue weighted by Crippen LogP contribution is -2.61. The highest BCUT2D eigenvalue weighted by molar-refractivity contribution is 5.92. The van der Waals surface area contributed by atoms with Crippen LogP contribution >= 0.6 is 0 Å². The minimum Gasteiger partial charge on any atom is -0.497 e. The molecule has 2 N–H and O–H groups in total. The lowest BCUT2D eigenvalue weighted by molar-refractivity contribution is -0.161. The molecule has 3 aliphatic rings. The number of methoxy groups -OCH3 is 4. The summed E-state index contributed by atoms with van der Waals surface area (Å²) in [6.45, 7) is 7.22. The Labute approximate surface area is 253 Å². The van der Waals surface area contributed by atoms with Crippen molar-refractivity contribution in [2.24, 2.45) is 23.7 Å². The lowest BCUT2D eigenvalue weighted by atomic mass is 9.59. The molecule has 0 bridgehead atoms. The number of epoxide rings is 1. The minimum absolute atomic E-state index is 0.0187. The number of rotatable bonds is 13. The number of Topliss-reactive ketones (excluding diaryl/α,β-unsaturated/α-hetero) is 1. The Hall–Kier alpha value is -2.99. The normalized spacial score (nSPS) is 33.3. The SMILES string of the molecule is COC(=O)OC12C(=O)NC(Cc3ccc(OC)cc3)C1C(C)C1(C)OC1C2C=CCC(C)C(=O)C(C)(O)CC(OC)OC. The van der Waals surface area contributed by atoms with Crippen LogP contribution in [0.5, 0.6) is 5.75 Å². The molecule has 11 nitrogen and oxygen atoms in total. The summed E-state index contributed by atoms with van der Waals surface area (Å²) >= 11 is 0. The summed E-state index contributed by atoms with van der Waals surface area (Å²) < 4.78 is 32.7. The van der Waals surface area contributed by atoms with Crippen molar-refractivity contribution in [1.82, 2.24) is 5.32 Å². The van der Waals surface area contributed by atoms with Gasteiger partial charge in [0.1, 0.15) is 11.4 Å². The van der Waals surface area contributed by atoms with E-state index in [1.807, 2.05) is 44.2 Å². The van der Waals surface area contributed by atoms with Gasteiger partial charge in [-0.25, -0.2) is 4.79 Å². The Balaban J connectivity index is 1.62. The Bertz CT molecular complexity index is 1210. The van der Waals surface area contributed by atoms with Crippen molar-refractivity contribution < 1.29 is 47.9 Å². The second kappa shape index (κ2) is 12.6. The van der Waals surface area contributed by atoms with E-state index in [0.717, 1.165) is 11.3 Å². The number of hydrogen-bond donors (Lipinski definition) is 2. The molecule has 1 aliphatic carbocycles. The maximum atomic E-state index is 13.9. The summed E-state index contributed by atoms with van der Waals surface area (Å²) in [5.74, 6) is -1.79. The van der Waals surface area contributed by atoms with E-state index in [9.17, 15) is 19.5 Å². The van der Waals surface area contributed by atoms with Gasteiger partial charge in [0.25, 0.3) is 5.91 Å². The van der Waals surface area contributed by atoms with Crippen molar-refractivity contribution in [2.75, 3.05) is 28.4 Å². The first-order chi connectivity index (χ1) is 20.3. The van der Waals surface area contributed by atoms with Crippen LogP contribution in [0.25, 0.3) is 0 Å². The molecule has 9 unspecified atom stereocenters. The third-order valence-electron chi connectivity index (χ3n) is 9.69. The van der Waals surface area contributed by atoms with Crippen LogP contribution in [0.3, 0.4) is 0 Å². The maximum absolute atomic E-state index is 13.9. The molecular weight excluding hydrogens is 558 g/mol. The zero-order valence-electron chi connectivity index (χ0n) is 26.2. The molecule has 2 heterocycles. The first kappa shape index (κ1) is 32.9. The fourth-order valence-electron chi connectivity index (χ4n) is 7.09. The summed E-state index contributed by atoms with van der Waals surface area (Å²) in [5, 5.41) is 14.0. The van der Waals surface area contributed by atoms with Gasteiger partial charge < -0.3 is 38.8 Å². The second-order valence-corrected chi connectivity index (χ2v) is 12.4. The van der Waals surface area contributed by atoms with Crippen molar-refractivity contribution in [1.29, 1.82) is 0 Å². The second-order valence-electron chi connectivity index (χ2n) is 12.4. The predicted octanol–water partition coefficient (Wildman–Crippen LogP) is 3.21. The van der Waals surface area contributed by atoms with E-state index in [2.05, 4.69) is 5.32 Å². The standard InChI is InChI=1S/C32H45NO10/c1-18(26(34)30(3,37)17-24(39-6)40-7)10-9-11-22-27-31(4,42-27)19(2)25-23(16-20-12-14-21(38-5)15-13-20)33-28(35)32(22,25)43-29(36)41-8/h9,11-15,18-19,22-25,27,37H,10,16-17H2,1-8H3,(H,33,35). The summed E-state index contributed by atoms with van der Waals surface area (Å²) in [6.07, 6.45) is 2.33. The highest BCUT2D eigenvalue weighted by Gasteiger charge is 2.78. The number of carbonyl (C=O) groups is 3. The van der Waals surface area contributed by atoms with Crippen LogP contribution in [0.1, 0.15) is 46.1 Å². The number of fused-ring (bicyclic) bond motifs is 2. The molecule has 2 aliphatic heterocycles. The number of carbonyl (C=O) groups excluding carboxylic acids is 3. The van der Waals surface area contributed by atoms with E-state index < -0.39 is 52.9 Å². The van der Waals surface area contributed by atoms with Gasteiger partial charge in [-0.05, 0) is 50.3 Å². The molecule has 0 radical (unpaired) electrons. The number of amides is 1. The van der Waals surface area contributed by atoms with Crippen LogP contribution in [0.2, 0.25) is 0 Å². The summed E-state index contributed by atoms with van der Waals surface area (Å²) in [5.41, 5.74) is -2.79. The van der Waals surface area contributed by atoms with Crippen molar-refractivity contribution in [2.45, 2.75) is 82.2 Å². The van der Waals surface area contributed by atoms with Gasteiger partial charge in [-0.15, -0.1) is 0 Å². The monoisotopic (exact) mass is 603 g/mol. The smallest absolute Gasteiger partial charge is 0.497 e. The fourth-order valence-corrected chi connectivity index (χ4v) is 7.09. The van der Waals surface area contributed by atoms with Crippen LogP contribution < -0.4 is 10.1 Å². The van der Waals surface area contributed by atoms with Gasteiger partial charge in [-0.3, -0.25) is 9.59 Å². The number of benzene rings is 1. The Kier molecular flexibility index (Phi) is 9.61. The molecule has 0 aromatic heterocycles. The number of hydrogen-bond acceptors (Lipinski definition) is 10. The van der Waals surface area contributed by atoms with Crippen molar-refractivity contribution in [3.63, 3.8) is 0 Å². The van der Waals surface area contributed by atoms with Crippen LogP contribution in [-0.4, -0.2) is 86.6 Å². The molecule has 1 aromatic rings. The van der Waals surface area contributed by atoms with Gasteiger partial charge in [0.05, 0.1) is 31.8 Å². The third kappa shape index (κ3) is 6.05. The zero-order valence-corrected chi connectivity index (χ0v) is 26.2. The van der Waals surface area contributed by atoms with Gasteiger partial charge >= 0.3 is 6.16 Å². The number of aliphatic hydroxyl groups is 1. The van der Waals surface area contributed by atoms with Crippen molar-refractivity contribution in [3.05, 3.63) is 42.0 Å². The predicted molar refractivity (Wildman–Crippen MR) is 155 cm³/mol. The zero-order chi connectivity index (χ0) is 31.7. The molecule has 11 heteroatoms. The van der Waals surface area contributed by atoms with E-state index in [-0.39, 0.29) is 36.7 Å². The van der Waals surface area contributed by atoms with Crippen molar-refractivity contribution in [3.8, 4) is 5.75 Å². The van der Waals surface area contributed by atoms with Gasteiger partial charge in [0, 0.05) is 38.5 Å². The van der Waals surface area contributed by atoms with E-state index in [1.54, 1.807) is 20.1 Å². The third-order valence-corrected chi connectivity index (χ3v) is 9.69. The molecule has 43 heavy (non-hydrogen) atoms. The summed E-state index contributed by atoms with van der Waals surface area (Å²) in [6, 6.07) is 7.29. The van der Waals surface area contributed by atoms with Crippen LogP contribution in [0.15, 0.2) is 36.4 Å². The highest BCUT2D eigenvalue weighted by atomic mass is 16.7. The molecule has 2 saturated heterocycles. The number of ketones is 1. The van der Waals surface area contributed by atoms with E-state index in [4.69, 9.17) is 28.4 Å². The Morgan fingerprint density at radius 1 is 1.16 bits per heavy atom. The average Bonchev–Trinajstić information content (AvgIpc) is 3.61. The van der Waals surface area contributed by atoms with Crippen LogP contribution in [0.4, 0.5) is 4.79 Å². The van der Waals surface area contributed by atoms with Gasteiger partial charge in [0.2, 0.25) is 5.60 Å².